The molecule has 2 aliphatic rings. The van der Waals surface area contributed by atoms with E-state index >= 15 is 0 Å². The standard InChI is InChI=1S/C7H12N2S/c1-5-9-6-4-8-3-2-7(6)10-5/h5,8-9H,2-4H2,1H3. The van der Waals surface area contributed by atoms with Crippen LogP contribution >= 0.6 is 11.8 Å². The molecule has 2 rings (SSSR count). The van der Waals surface area contributed by atoms with Crippen molar-refractivity contribution >= 4 is 11.8 Å². The Balaban J connectivity index is 2.13. The van der Waals surface area contributed by atoms with E-state index in [0.29, 0.717) is 5.37 Å². The molecule has 3 heteroatoms. The predicted molar refractivity (Wildman–Crippen MR) is 44.7 cm³/mol. The van der Waals surface area contributed by atoms with E-state index in [9.17, 15) is 0 Å². The second-order valence-electron chi connectivity index (χ2n) is 2.73. The monoisotopic (exact) mass is 156 g/mol. The minimum Gasteiger partial charge on any atom is -0.375 e. The maximum atomic E-state index is 3.44. The number of hydrogen-bond acceptors (Lipinski definition) is 3. The SMILES string of the molecule is CC1NC2=C(CCNC2)S1. The molecule has 0 saturated carbocycles. The maximum Gasteiger partial charge on any atom is 0.0735 e. The molecule has 0 amide bonds. The molecule has 2 aliphatic heterocycles. The van der Waals surface area contributed by atoms with Crippen molar-refractivity contribution in [1.29, 1.82) is 0 Å². The fourth-order valence-electron chi connectivity index (χ4n) is 1.41. The van der Waals surface area contributed by atoms with Crippen molar-refractivity contribution in [1.82, 2.24) is 10.6 Å². The molecule has 0 aromatic rings. The van der Waals surface area contributed by atoms with Crippen LogP contribution in [0.4, 0.5) is 0 Å². The summed E-state index contributed by atoms with van der Waals surface area (Å²) in [4.78, 5) is 1.58. The third-order valence-electron chi connectivity index (χ3n) is 1.86. The minimum absolute atomic E-state index is 0.602. The van der Waals surface area contributed by atoms with Crippen molar-refractivity contribution in [3.63, 3.8) is 0 Å². The minimum atomic E-state index is 0.602. The molecule has 56 valence electrons. The predicted octanol–water partition coefficient (Wildman–Crippen LogP) is 0.874. The van der Waals surface area contributed by atoms with Gasteiger partial charge >= 0.3 is 0 Å². The van der Waals surface area contributed by atoms with Gasteiger partial charge in [0.25, 0.3) is 0 Å². The van der Waals surface area contributed by atoms with Gasteiger partial charge in [-0.3, -0.25) is 0 Å². The molecule has 0 radical (unpaired) electrons. The zero-order valence-corrected chi connectivity index (χ0v) is 6.92. The number of nitrogens with one attached hydrogen (secondary N) is 2. The van der Waals surface area contributed by atoms with E-state index in [-0.39, 0.29) is 0 Å². The Bertz CT molecular complexity index is 158. The lowest BCUT2D eigenvalue weighted by molar-refractivity contribution is 0.653. The summed E-state index contributed by atoms with van der Waals surface area (Å²) >= 11 is 1.98. The third kappa shape index (κ3) is 1.04. The van der Waals surface area contributed by atoms with Crippen LogP contribution in [-0.4, -0.2) is 18.5 Å². The number of thioether (sulfide) groups is 1. The highest BCUT2D eigenvalue weighted by molar-refractivity contribution is 8.03. The fraction of sp³-hybridized carbons (Fsp3) is 0.714. The van der Waals surface area contributed by atoms with Gasteiger partial charge in [-0.15, -0.1) is 11.8 Å². The van der Waals surface area contributed by atoms with Crippen molar-refractivity contribution in [2.45, 2.75) is 18.7 Å². The molecule has 2 N–H and O–H groups in total. The molecule has 1 atom stereocenters. The second kappa shape index (κ2) is 2.47. The first-order valence-electron chi connectivity index (χ1n) is 3.72. The molecule has 2 nitrogen and oxygen atoms in total. The van der Waals surface area contributed by atoms with Crippen LogP contribution in [0.5, 0.6) is 0 Å². The molecule has 0 spiro atoms. The summed E-state index contributed by atoms with van der Waals surface area (Å²) in [6.07, 6.45) is 1.22. The molecule has 2 heterocycles. The molecule has 0 fully saturated rings. The Kier molecular flexibility index (Phi) is 1.62. The molecule has 10 heavy (non-hydrogen) atoms. The van der Waals surface area contributed by atoms with Crippen LogP contribution in [0, 0.1) is 0 Å². The lowest BCUT2D eigenvalue weighted by Crippen LogP contribution is -2.29. The van der Waals surface area contributed by atoms with Gasteiger partial charge < -0.3 is 10.6 Å². The van der Waals surface area contributed by atoms with Crippen molar-refractivity contribution < 1.29 is 0 Å². The first-order valence-corrected chi connectivity index (χ1v) is 4.60. The molecule has 0 bridgehead atoms. The largest absolute Gasteiger partial charge is 0.375 e. The number of rotatable bonds is 0. The average Bonchev–Trinajstić information content (AvgIpc) is 2.27. The van der Waals surface area contributed by atoms with Gasteiger partial charge in [-0.1, -0.05) is 0 Å². The van der Waals surface area contributed by atoms with Crippen molar-refractivity contribution in [2.75, 3.05) is 13.1 Å². The topological polar surface area (TPSA) is 24.1 Å². The van der Waals surface area contributed by atoms with Crippen LogP contribution in [0.15, 0.2) is 10.6 Å². The van der Waals surface area contributed by atoms with Gasteiger partial charge in [-0.05, 0) is 13.3 Å². The zero-order valence-electron chi connectivity index (χ0n) is 6.11. The van der Waals surface area contributed by atoms with E-state index in [4.69, 9.17) is 0 Å². The second-order valence-corrected chi connectivity index (χ2v) is 4.17. The van der Waals surface area contributed by atoms with Crippen LogP contribution in [0.25, 0.3) is 0 Å². The summed E-state index contributed by atoms with van der Waals surface area (Å²) in [6, 6.07) is 0. The summed E-state index contributed by atoms with van der Waals surface area (Å²) in [5, 5.41) is 7.38. The van der Waals surface area contributed by atoms with Crippen molar-refractivity contribution in [3.8, 4) is 0 Å². The Labute approximate surface area is 65.5 Å². The quantitative estimate of drug-likeness (QED) is 0.544. The van der Waals surface area contributed by atoms with Crippen LogP contribution in [0.1, 0.15) is 13.3 Å². The van der Waals surface area contributed by atoms with E-state index in [1.165, 1.54) is 12.1 Å². The summed E-state index contributed by atoms with van der Waals surface area (Å²) in [5.41, 5.74) is 1.43. The maximum absolute atomic E-state index is 3.44. The van der Waals surface area contributed by atoms with Crippen molar-refractivity contribution in [3.05, 3.63) is 10.6 Å². The Morgan fingerprint density at radius 1 is 1.60 bits per heavy atom. The van der Waals surface area contributed by atoms with Gasteiger partial charge in [0.15, 0.2) is 0 Å². The summed E-state index contributed by atoms with van der Waals surface area (Å²) in [5.74, 6) is 0. The smallest absolute Gasteiger partial charge is 0.0735 e. The van der Waals surface area contributed by atoms with Gasteiger partial charge in [0.2, 0.25) is 0 Å². The van der Waals surface area contributed by atoms with Crippen LogP contribution in [0.3, 0.4) is 0 Å². The van der Waals surface area contributed by atoms with Gasteiger partial charge in [0.05, 0.1) is 5.37 Å². The van der Waals surface area contributed by atoms with Gasteiger partial charge in [0.1, 0.15) is 0 Å². The highest BCUT2D eigenvalue weighted by atomic mass is 32.2. The van der Waals surface area contributed by atoms with E-state index in [2.05, 4.69) is 17.6 Å². The van der Waals surface area contributed by atoms with E-state index < -0.39 is 0 Å². The van der Waals surface area contributed by atoms with Gasteiger partial charge in [-0.2, -0.15) is 0 Å². The zero-order chi connectivity index (χ0) is 6.97. The summed E-state index contributed by atoms with van der Waals surface area (Å²) in [7, 11) is 0. The Hall–Kier alpha value is -0.150. The van der Waals surface area contributed by atoms with E-state index in [1.807, 2.05) is 11.8 Å². The normalized spacial score (nSPS) is 31.9. The highest BCUT2D eigenvalue weighted by Gasteiger charge is 2.22. The molecule has 1 unspecified atom stereocenters. The Morgan fingerprint density at radius 2 is 2.50 bits per heavy atom. The highest BCUT2D eigenvalue weighted by Crippen LogP contribution is 2.33. The molecule has 0 aliphatic carbocycles. The summed E-state index contributed by atoms with van der Waals surface area (Å²) < 4.78 is 0. The first kappa shape index (κ1) is 6.55. The molecule has 0 aromatic heterocycles. The van der Waals surface area contributed by atoms with Gasteiger partial charge in [0, 0.05) is 23.7 Å². The molecular weight excluding hydrogens is 144 g/mol. The average molecular weight is 156 g/mol. The van der Waals surface area contributed by atoms with E-state index in [0.717, 1.165) is 13.1 Å². The molecular formula is C7H12N2S. The Morgan fingerprint density at radius 3 is 3.30 bits per heavy atom. The van der Waals surface area contributed by atoms with Gasteiger partial charge in [-0.25, -0.2) is 0 Å². The van der Waals surface area contributed by atoms with E-state index in [1.54, 1.807) is 4.91 Å². The van der Waals surface area contributed by atoms with Crippen molar-refractivity contribution in [2.24, 2.45) is 0 Å². The third-order valence-corrected chi connectivity index (χ3v) is 3.07. The van der Waals surface area contributed by atoms with Crippen LogP contribution in [0.2, 0.25) is 0 Å². The fourth-order valence-corrected chi connectivity index (χ4v) is 2.54. The van der Waals surface area contributed by atoms with Crippen LogP contribution in [-0.2, 0) is 0 Å². The molecule has 0 saturated heterocycles. The summed E-state index contributed by atoms with van der Waals surface area (Å²) in [6.45, 7) is 4.41. The number of hydrogen-bond donors (Lipinski definition) is 2. The lowest BCUT2D eigenvalue weighted by Gasteiger charge is -2.13. The lowest BCUT2D eigenvalue weighted by atomic mass is 10.2. The first-order chi connectivity index (χ1) is 4.86. The van der Waals surface area contributed by atoms with Crippen LogP contribution < -0.4 is 10.6 Å². The molecule has 0 aromatic carbocycles.